The van der Waals surface area contributed by atoms with E-state index in [2.05, 4.69) is 13.8 Å². The van der Waals surface area contributed by atoms with Crippen LogP contribution in [0.3, 0.4) is 0 Å². The molecule has 22 heavy (non-hydrogen) atoms. The van der Waals surface area contributed by atoms with Crippen molar-refractivity contribution in [1.29, 1.82) is 0 Å². The molecule has 0 radical (unpaired) electrons. The Kier molecular flexibility index (Phi) is 4.96. The Morgan fingerprint density at radius 2 is 1.86 bits per heavy atom. The van der Waals surface area contributed by atoms with E-state index in [1.54, 1.807) is 0 Å². The summed E-state index contributed by atoms with van der Waals surface area (Å²) in [4.78, 5) is 12.4. The minimum atomic E-state index is -0.570. The van der Waals surface area contributed by atoms with Crippen molar-refractivity contribution in [1.82, 2.24) is 0 Å². The average molecular weight is 304 g/mol. The van der Waals surface area contributed by atoms with Gasteiger partial charge in [-0.2, -0.15) is 0 Å². The third kappa shape index (κ3) is 3.89. The van der Waals surface area contributed by atoms with Gasteiger partial charge in [-0.25, -0.2) is 4.79 Å². The van der Waals surface area contributed by atoms with Gasteiger partial charge < -0.3 is 9.84 Å². The van der Waals surface area contributed by atoms with Crippen LogP contribution in [0.25, 0.3) is 0 Å². The molecule has 2 rings (SSSR count). The summed E-state index contributed by atoms with van der Waals surface area (Å²) in [5.41, 5.74) is 2.14. The number of hydrogen-bond acceptors (Lipinski definition) is 3. The van der Waals surface area contributed by atoms with E-state index < -0.39 is 11.7 Å². The van der Waals surface area contributed by atoms with Crippen LogP contribution < -0.4 is 0 Å². The first-order valence-electron chi connectivity index (χ1n) is 8.20. The highest BCUT2D eigenvalue weighted by atomic mass is 16.6. The first-order valence-corrected chi connectivity index (χ1v) is 8.20. The van der Waals surface area contributed by atoms with Crippen molar-refractivity contribution in [3.63, 3.8) is 0 Å². The topological polar surface area (TPSA) is 46.5 Å². The van der Waals surface area contributed by atoms with Crippen LogP contribution in [0, 0.1) is 25.7 Å². The van der Waals surface area contributed by atoms with E-state index in [0.717, 1.165) is 24.0 Å². The molecule has 0 spiro atoms. The van der Waals surface area contributed by atoms with E-state index in [0.29, 0.717) is 23.8 Å². The van der Waals surface area contributed by atoms with Gasteiger partial charge in [0.05, 0.1) is 11.7 Å². The standard InChI is InChI=1S/C19H28O3/c1-12(2)16-6-7-19(5,11-17(16)20)22-18(21)15-9-13(3)8-14(4)10-15/h8-10,12,16-17,20H,6-7,11H2,1-5H3/t16-,17+,19+/m0/s1. The van der Waals surface area contributed by atoms with Crippen LogP contribution in [0.2, 0.25) is 0 Å². The summed E-state index contributed by atoms with van der Waals surface area (Å²) < 4.78 is 5.77. The van der Waals surface area contributed by atoms with Crippen molar-refractivity contribution in [3.05, 3.63) is 34.9 Å². The van der Waals surface area contributed by atoms with Crippen molar-refractivity contribution in [2.75, 3.05) is 0 Å². The van der Waals surface area contributed by atoms with Gasteiger partial charge in [0, 0.05) is 6.42 Å². The summed E-state index contributed by atoms with van der Waals surface area (Å²) in [6, 6.07) is 5.75. The lowest BCUT2D eigenvalue weighted by Crippen LogP contribution is -2.44. The molecule has 0 aromatic heterocycles. The lowest BCUT2D eigenvalue weighted by atomic mass is 9.73. The smallest absolute Gasteiger partial charge is 0.338 e. The average Bonchev–Trinajstić information content (AvgIpc) is 2.36. The Morgan fingerprint density at radius 1 is 1.27 bits per heavy atom. The molecule has 0 heterocycles. The number of hydrogen-bond donors (Lipinski definition) is 1. The molecular weight excluding hydrogens is 276 g/mol. The number of rotatable bonds is 3. The van der Waals surface area contributed by atoms with Gasteiger partial charge in [0.1, 0.15) is 5.60 Å². The van der Waals surface area contributed by atoms with Gasteiger partial charge in [-0.1, -0.05) is 31.0 Å². The van der Waals surface area contributed by atoms with Crippen LogP contribution >= 0.6 is 0 Å². The van der Waals surface area contributed by atoms with Crippen molar-refractivity contribution in [2.24, 2.45) is 11.8 Å². The van der Waals surface area contributed by atoms with Crippen molar-refractivity contribution >= 4 is 5.97 Å². The highest BCUT2D eigenvalue weighted by molar-refractivity contribution is 5.90. The van der Waals surface area contributed by atoms with E-state index in [4.69, 9.17) is 4.74 Å². The Hall–Kier alpha value is -1.35. The van der Waals surface area contributed by atoms with Gasteiger partial charge in [-0.05, 0) is 57.6 Å². The van der Waals surface area contributed by atoms with Crippen LogP contribution in [0.15, 0.2) is 18.2 Å². The molecule has 1 N–H and O–H groups in total. The molecule has 3 heteroatoms. The fraction of sp³-hybridized carbons (Fsp3) is 0.632. The monoisotopic (exact) mass is 304 g/mol. The number of aliphatic hydroxyl groups excluding tert-OH is 1. The zero-order valence-corrected chi connectivity index (χ0v) is 14.3. The zero-order chi connectivity index (χ0) is 16.5. The number of ether oxygens (including phenoxy) is 1. The molecule has 0 saturated heterocycles. The number of benzene rings is 1. The lowest BCUT2D eigenvalue weighted by Gasteiger charge is -2.41. The maximum absolute atomic E-state index is 12.4. The maximum Gasteiger partial charge on any atom is 0.338 e. The quantitative estimate of drug-likeness (QED) is 0.857. The molecule has 1 saturated carbocycles. The number of aliphatic hydroxyl groups is 1. The Balaban J connectivity index is 2.08. The van der Waals surface area contributed by atoms with E-state index in [9.17, 15) is 9.90 Å². The third-order valence-electron chi connectivity index (χ3n) is 4.79. The predicted molar refractivity (Wildman–Crippen MR) is 87.9 cm³/mol. The normalized spacial score (nSPS) is 28.7. The first-order chi connectivity index (χ1) is 10.2. The second-order valence-electron chi connectivity index (χ2n) is 7.43. The highest BCUT2D eigenvalue weighted by Gasteiger charge is 2.40. The van der Waals surface area contributed by atoms with E-state index in [1.165, 1.54) is 0 Å². The molecule has 3 nitrogen and oxygen atoms in total. The molecule has 1 aromatic carbocycles. The number of esters is 1. The second kappa shape index (κ2) is 6.41. The van der Waals surface area contributed by atoms with Crippen molar-refractivity contribution < 1.29 is 14.6 Å². The number of carbonyl (C=O) groups is 1. The molecule has 1 aliphatic carbocycles. The minimum Gasteiger partial charge on any atom is -0.456 e. The summed E-state index contributed by atoms with van der Waals surface area (Å²) in [6.07, 6.45) is 1.83. The van der Waals surface area contributed by atoms with E-state index in [1.807, 2.05) is 39.0 Å². The molecule has 1 fully saturated rings. The van der Waals surface area contributed by atoms with E-state index >= 15 is 0 Å². The van der Waals surface area contributed by atoms with Gasteiger partial charge in [-0.3, -0.25) is 0 Å². The molecule has 1 aromatic rings. The lowest BCUT2D eigenvalue weighted by molar-refractivity contribution is -0.0816. The van der Waals surface area contributed by atoms with Crippen molar-refractivity contribution in [2.45, 2.75) is 65.6 Å². The van der Waals surface area contributed by atoms with Crippen LogP contribution in [0.5, 0.6) is 0 Å². The molecule has 3 atom stereocenters. The summed E-state index contributed by atoms with van der Waals surface area (Å²) in [7, 11) is 0. The SMILES string of the molecule is Cc1cc(C)cc(C(=O)O[C@]2(C)CC[C@@H](C(C)C)[C@H](O)C2)c1. The molecular formula is C19H28O3. The van der Waals surface area contributed by atoms with E-state index in [-0.39, 0.29) is 5.97 Å². The summed E-state index contributed by atoms with van der Waals surface area (Å²) in [6.45, 7) is 10.2. The van der Waals surface area contributed by atoms with Gasteiger partial charge in [0.15, 0.2) is 0 Å². The predicted octanol–water partition coefficient (Wildman–Crippen LogP) is 4.04. The fourth-order valence-electron chi connectivity index (χ4n) is 3.61. The highest BCUT2D eigenvalue weighted by Crippen LogP contribution is 2.38. The van der Waals surface area contributed by atoms with Crippen LogP contribution in [0.1, 0.15) is 61.5 Å². The van der Waals surface area contributed by atoms with Gasteiger partial charge in [0.25, 0.3) is 0 Å². The molecule has 0 aliphatic heterocycles. The first kappa shape index (κ1) is 17.0. The Morgan fingerprint density at radius 3 is 2.36 bits per heavy atom. The van der Waals surface area contributed by atoms with Gasteiger partial charge in [-0.15, -0.1) is 0 Å². The molecule has 0 bridgehead atoms. The number of carbonyl (C=O) groups excluding carboxylic acids is 1. The van der Waals surface area contributed by atoms with Crippen LogP contribution in [-0.2, 0) is 4.74 Å². The zero-order valence-electron chi connectivity index (χ0n) is 14.3. The van der Waals surface area contributed by atoms with Gasteiger partial charge >= 0.3 is 5.97 Å². The maximum atomic E-state index is 12.4. The van der Waals surface area contributed by atoms with Crippen LogP contribution in [0.4, 0.5) is 0 Å². The number of aryl methyl sites for hydroxylation is 2. The Bertz CT molecular complexity index is 529. The largest absolute Gasteiger partial charge is 0.456 e. The fourth-order valence-corrected chi connectivity index (χ4v) is 3.61. The second-order valence-corrected chi connectivity index (χ2v) is 7.43. The minimum absolute atomic E-state index is 0.288. The molecule has 0 unspecified atom stereocenters. The van der Waals surface area contributed by atoms with Gasteiger partial charge in [0.2, 0.25) is 0 Å². The molecule has 1 aliphatic rings. The van der Waals surface area contributed by atoms with Crippen molar-refractivity contribution in [3.8, 4) is 0 Å². The summed E-state index contributed by atoms with van der Waals surface area (Å²) >= 11 is 0. The molecule has 0 amide bonds. The Labute approximate surface area is 133 Å². The molecule has 122 valence electrons. The summed E-state index contributed by atoms with van der Waals surface area (Å²) in [5.74, 6) is 0.465. The van der Waals surface area contributed by atoms with Crippen LogP contribution in [-0.4, -0.2) is 22.8 Å². The third-order valence-corrected chi connectivity index (χ3v) is 4.79. The summed E-state index contributed by atoms with van der Waals surface area (Å²) in [5, 5.41) is 10.4.